The van der Waals surface area contributed by atoms with Crippen molar-refractivity contribution in [2.75, 3.05) is 5.32 Å². The van der Waals surface area contributed by atoms with Gasteiger partial charge >= 0.3 is 0 Å². The van der Waals surface area contributed by atoms with Gasteiger partial charge in [0.1, 0.15) is 0 Å². The van der Waals surface area contributed by atoms with Crippen LogP contribution in [0.3, 0.4) is 0 Å². The number of anilines is 2. The smallest absolute Gasteiger partial charge is 0.256 e. The maximum Gasteiger partial charge on any atom is 0.256 e. The molecule has 0 aliphatic heterocycles. The molecule has 30 heavy (non-hydrogen) atoms. The third-order valence-electron chi connectivity index (χ3n) is 5.05. The van der Waals surface area contributed by atoms with E-state index in [0.717, 1.165) is 27.7 Å². The quantitative estimate of drug-likeness (QED) is 0.489. The van der Waals surface area contributed by atoms with Crippen LogP contribution < -0.4 is 10.9 Å². The molecule has 2 N–H and O–H groups in total. The van der Waals surface area contributed by atoms with E-state index in [-0.39, 0.29) is 5.56 Å². The zero-order chi connectivity index (χ0) is 21.4. The lowest BCUT2D eigenvalue weighted by Crippen LogP contribution is -2.19. The summed E-state index contributed by atoms with van der Waals surface area (Å²) in [5.41, 5.74) is 6.00. The Kier molecular flexibility index (Phi) is 5.26. The Hall–Kier alpha value is -3.25. The predicted octanol–water partition coefficient (Wildman–Crippen LogP) is 4.93. The van der Waals surface area contributed by atoms with Crippen LogP contribution in [0, 0.1) is 27.7 Å². The van der Waals surface area contributed by atoms with Crippen molar-refractivity contribution in [2.24, 2.45) is 0 Å². The Balaban J connectivity index is 1.67. The monoisotopic (exact) mass is 419 g/mol. The highest BCUT2D eigenvalue weighted by Crippen LogP contribution is 2.23. The Morgan fingerprint density at radius 2 is 1.80 bits per heavy atom. The molecule has 2 heterocycles. The van der Waals surface area contributed by atoms with Crippen molar-refractivity contribution in [3.05, 3.63) is 85.4 Å². The Morgan fingerprint density at radius 1 is 1.00 bits per heavy atom. The second kappa shape index (κ2) is 7.88. The van der Waals surface area contributed by atoms with Gasteiger partial charge in [0.05, 0.1) is 16.9 Å². The van der Waals surface area contributed by atoms with Crippen LogP contribution in [0.25, 0.3) is 10.9 Å². The van der Waals surface area contributed by atoms with Crippen LogP contribution in [0.15, 0.2) is 41.2 Å². The molecule has 0 saturated carbocycles. The van der Waals surface area contributed by atoms with Gasteiger partial charge in [0.2, 0.25) is 11.9 Å². The van der Waals surface area contributed by atoms with Gasteiger partial charge in [-0.25, -0.2) is 15.0 Å². The fourth-order valence-electron chi connectivity index (χ4n) is 3.62. The molecule has 0 aliphatic rings. The number of H-pyrrole nitrogens is 1. The Morgan fingerprint density at radius 3 is 2.53 bits per heavy atom. The lowest BCUT2D eigenvalue weighted by Gasteiger charge is -2.11. The second-order valence-electron chi connectivity index (χ2n) is 7.52. The first-order valence-electron chi connectivity index (χ1n) is 9.67. The molecule has 0 spiro atoms. The molecular formula is C23H22ClN5O. The fraction of sp³-hybridized carbons (Fsp3) is 0.217. The number of aromatic amines is 1. The minimum Gasteiger partial charge on any atom is -0.294 e. The maximum atomic E-state index is 12.7. The number of aryl methyl sites for hydroxylation is 4. The Bertz CT molecular complexity index is 1330. The van der Waals surface area contributed by atoms with Gasteiger partial charge in [0, 0.05) is 22.4 Å². The molecule has 0 radical (unpaired) electrons. The molecule has 152 valence electrons. The molecule has 0 unspecified atom stereocenters. The van der Waals surface area contributed by atoms with E-state index < -0.39 is 0 Å². The number of nitrogens with one attached hydrogen (secondary N) is 2. The molecule has 4 aromatic rings. The van der Waals surface area contributed by atoms with Crippen LogP contribution >= 0.6 is 11.6 Å². The van der Waals surface area contributed by atoms with Gasteiger partial charge in [-0.05, 0) is 57.0 Å². The van der Waals surface area contributed by atoms with E-state index in [0.29, 0.717) is 34.6 Å². The van der Waals surface area contributed by atoms with Gasteiger partial charge in [-0.15, -0.1) is 0 Å². The van der Waals surface area contributed by atoms with Crippen molar-refractivity contribution in [3.63, 3.8) is 0 Å². The summed E-state index contributed by atoms with van der Waals surface area (Å²) in [6, 6.07) is 11.6. The molecule has 2 aromatic carbocycles. The normalized spacial score (nSPS) is 11.1. The average molecular weight is 420 g/mol. The fourth-order valence-corrected chi connectivity index (χ4v) is 3.84. The van der Waals surface area contributed by atoms with E-state index in [1.165, 1.54) is 5.56 Å². The van der Waals surface area contributed by atoms with Crippen molar-refractivity contribution in [1.82, 2.24) is 19.9 Å². The minimum atomic E-state index is -0.200. The first-order chi connectivity index (χ1) is 14.3. The summed E-state index contributed by atoms with van der Waals surface area (Å²) in [5.74, 6) is 0.716. The van der Waals surface area contributed by atoms with Crippen LogP contribution in [-0.2, 0) is 6.42 Å². The summed E-state index contributed by atoms with van der Waals surface area (Å²) < 4.78 is 0. The van der Waals surface area contributed by atoms with Crippen molar-refractivity contribution >= 4 is 34.4 Å². The topological polar surface area (TPSA) is 83.6 Å². The molecule has 4 rings (SSSR count). The summed E-state index contributed by atoms with van der Waals surface area (Å²) in [5, 5.41) is 4.71. The zero-order valence-corrected chi connectivity index (χ0v) is 18.1. The van der Waals surface area contributed by atoms with E-state index >= 15 is 0 Å². The molecule has 0 fully saturated rings. The average Bonchev–Trinajstić information content (AvgIpc) is 2.66. The molecule has 0 amide bonds. The van der Waals surface area contributed by atoms with E-state index in [1.807, 2.05) is 45.0 Å². The molecule has 6 nitrogen and oxygen atoms in total. The van der Waals surface area contributed by atoms with Crippen LogP contribution in [0.2, 0.25) is 5.02 Å². The van der Waals surface area contributed by atoms with Crippen molar-refractivity contribution < 1.29 is 0 Å². The minimum absolute atomic E-state index is 0.200. The second-order valence-corrected chi connectivity index (χ2v) is 7.96. The lowest BCUT2D eigenvalue weighted by atomic mass is 10.1. The summed E-state index contributed by atoms with van der Waals surface area (Å²) in [7, 11) is 0. The molecule has 0 saturated heterocycles. The number of hydrogen-bond acceptors (Lipinski definition) is 5. The lowest BCUT2D eigenvalue weighted by molar-refractivity contribution is 0.978. The third-order valence-corrected chi connectivity index (χ3v) is 5.28. The van der Waals surface area contributed by atoms with Crippen LogP contribution in [0.4, 0.5) is 11.9 Å². The van der Waals surface area contributed by atoms with Gasteiger partial charge in [-0.2, -0.15) is 0 Å². The van der Waals surface area contributed by atoms with Crippen molar-refractivity contribution in [3.8, 4) is 0 Å². The van der Waals surface area contributed by atoms with Gasteiger partial charge in [-0.1, -0.05) is 35.4 Å². The van der Waals surface area contributed by atoms with Gasteiger partial charge < -0.3 is 0 Å². The van der Waals surface area contributed by atoms with E-state index in [4.69, 9.17) is 11.6 Å². The zero-order valence-electron chi connectivity index (χ0n) is 17.3. The number of halogens is 1. The molecular weight excluding hydrogens is 398 g/mol. The molecule has 2 aromatic heterocycles. The summed E-state index contributed by atoms with van der Waals surface area (Å²) in [4.78, 5) is 29.2. The van der Waals surface area contributed by atoms with Crippen LogP contribution in [0.5, 0.6) is 0 Å². The summed E-state index contributed by atoms with van der Waals surface area (Å²) >= 11 is 6.05. The SMILES string of the molecule is Cc1cc(C)c2nc(Nc3nc(C)c(Cc4cccc(Cl)c4)c(=O)[nH]3)nc(C)c2c1. The number of rotatable bonds is 4. The molecule has 0 bridgehead atoms. The number of fused-ring (bicyclic) bond motifs is 1. The first kappa shape index (κ1) is 20.0. The standard InChI is InChI=1S/C23H22ClN5O/c1-12-8-13(2)20-18(9-12)14(3)25-22(27-20)29-23-26-15(4)19(21(30)28-23)11-16-6-5-7-17(24)10-16/h5-10H,11H2,1-4H3,(H2,25,26,27,28,29,30). The number of aromatic nitrogens is 4. The largest absolute Gasteiger partial charge is 0.294 e. The Labute approximate surface area is 179 Å². The summed E-state index contributed by atoms with van der Waals surface area (Å²) in [6.07, 6.45) is 0.457. The summed E-state index contributed by atoms with van der Waals surface area (Å²) in [6.45, 7) is 7.85. The van der Waals surface area contributed by atoms with Crippen LogP contribution in [0.1, 0.15) is 33.6 Å². The van der Waals surface area contributed by atoms with E-state index in [2.05, 4.69) is 44.3 Å². The van der Waals surface area contributed by atoms with E-state index in [9.17, 15) is 4.79 Å². The predicted molar refractivity (Wildman–Crippen MR) is 121 cm³/mol. The highest BCUT2D eigenvalue weighted by Gasteiger charge is 2.12. The number of benzene rings is 2. The van der Waals surface area contributed by atoms with Crippen molar-refractivity contribution in [1.29, 1.82) is 0 Å². The molecule has 7 heteroatoms. The van der Waals surface area contributed by atoms with Crippen LogP contribution in [-0.4, -0.2) is 19.9 Å². The molecule has 0 aliphatic carbocycles. The third kappa shape index (κ3) is 4.04. The first-order valence-corrected chi connectivity index (χ1v) is 10.0. The van der Waals surface area contributed by atoms with Gasteiger partial charge in [0.15, 0.2) is 0 Å². The number of nitrogens with zero attached hydrogens (tertiary/aromatic N) is 3. The highest BCUT2D eigenvalue weighted by atomic mass is 35.5. The van der Waals surface area contributed by atoms with E-state index in [1.54, 1.807) is 0 Å². The van der Waals surface area contributed by atoms with Gasteiger partial charge in [0.25, 0.3) is 5.56 Å². The number of hydrogen-bond donors (Lipinski definition) is 2. The van der Waals surface area contributed by atoms with Gasteiger partial charge in [-0.3, -0.25) is 15.1 Å². The highest BCUT2D eigenvalue weighted by molar-refractivity contribution is 6.30. The maximum absolute atomic E-state index is 12.7. The molecule has 0 atom stereocenters. The van der Waals surface area contributed by atoms with Crippen molar-refractivity contribution in [2.45, 2.75) is 34.1 Å².